The van der Waals surface area contributed by atoms with Gasteiger partial charge in [-0.3, -0.25) is 9.78 Å². The van der Waals surface area contributed by atoms with Crippen molar-refractivity contribution in [3.8, 4) is 17.0 Å². The van der Waals surface area contributed by atoms with Crippen molar-refractivity contribution >= 4 is 5.82 Å². The molecule has 1 aliphatic rings. The van der Waals surface area contributed by atoms with Crippen LogP contribution in [-0.4, -0.2) is 46.1 Å². The molecule has 1 N–H and O–H groups in total. The van der Waals surface area contributed by atoms with E-state index in [9.17, 15) is 4.79 Å². The third-order valence-electron chi connectivity index (χ3n) is 4.45. The zero-order chi connectivity index (χ0) is 18.6. The van der Waals surface area contributed by atoms with Crippen LogP contribution in [0.1, 0.15) is 6.04 Å². The maximum Gasteiger partial charge on any atom is 0.267 e. The molecule has 27 heavy (non-hydrogen) atoms. The molecule has 1 aliphatic heterocycles. The summed E-state index contributed by atoms with van der Waals surface area (Å²) in [5.41, 5.74) is 1.39. The Morgan fingerprint density at radius 1 is 1.22 bits per heavy atom. The number of aromatic nitrogens is 4. The van der Waals surface area contributed by atoms with E-state index in [2.05, 4.69) is 20.4 Å². The maximum absolute atomic E-state index is 12.5. The van der Waals surface area contributed by atoms with Gasteiger partial charge >= 0.3 is 0 Å². The second-order valence-corrected chi connectivity index (χ2v) is 6.18. The molecule has 3 heterocycles. The number of benzene rings is 1. The molecule has 3 aromatic rings. The van der Waals surface area contributed by atoms with Crippen molar-refractivity contribution in [2.45, 2.75) is 12.1 Å². The molecule has 138 valence electrons. The molecule has 0 bridgehead atoms. The van der Waals surface area contributed by atoms with E-state index in [-0.39, 0.29) is 17.6 Å². The molecular formula is C19H19N5O3. The van der Waals surface area contributed by atoms with Crippen molar-refractivity contribution in [1.82, 2.24) is 19.7 Å². The summed E-state index contributed by atoms with van der Waals surface area (Å²) in [6.45, 7) is 0.852. The molecule has 0 aliphatic carbocycles. The van der Waals surface area contributed by atoms with Crippen LogP contribution < -0.4 is 15.6 Å². The molecule has 8 nitrogen and oxygen atoms in total. The predicted molar refractivity (Wildman–Crippen MR) is 99.8 cm³/mol. The van der Waals surface area contributed by atoms with Crippen LogP contribution in [0.5, 0.6) is 5.75 Å². The van der Waals surface area contributed by atoms with Crippen LogP contribution in [0, 0.1) is 0 Å². The number of hydrogen-bond acceptors (Lipinski definition) is 7. The first kappa shape index (κ1) is 17.2. The second-order valence-electron chi connectivity index (χ2n) is 6.18. The molecule has 2 unspecified atom stereocenters. The van der Waals surface area contributed by atoms with Crippen LogP contribution in [-0.2, 0) is 4.74 Å². The van der Waals surface area contributed by atoms with Crippen LogP contribution >= 0.6 is 0 Å². The fourth-order valence-electron chi connectivity index (χ4n) is 3.08. The Kier molecular flexibility index (Phi) is 4.80. The van der Waals surface area contributed by atoms with E-state index >= 15 is 0 Å². The van der Waals surface area contributed by atoms with Gasteiger partial charge in [-0.15, -0.1) is 0 Å². The summed E-state index contributed by atoms with van der Waals surface area (Å²) in [5, 5.41) is 7.86. The smallest absolute Gasteiger partial charge is 0.267 e. The molecule has 2 aromatic heterocycles. The first-order valence-corrected chi connectivity index (χ1v) is 8.59. The summed E-state index contributed by atoms with van der Waals surface area (Å²) >= 11 is 0. The topological polar surface area (TPSA) is 91.2 Å². The number of methoxy groups -OCH3 is 1. The molecule has 0 saturated carbocycles. The summed E-state index contributed by atoms with van der Waals surface area (Å²) in [4.78, 5) is 20.8. The first-order chi connectivity index (χ1) is 13.2. The predicted octanol–water partition coefficient (Wildman–Crippen LogP) is 1.76. The standard InChI is InChI=1S/C19H19N5O3/c1-26-14-4-2-3-13(9-14)15-5-6-19(25)24(23-15)17-12-27-11-16(17)22-18-10-20-7-8-21-18/h2-10,16-17H,11-12H2,1H3,(H,21,22). The van der Waals surface area contributed by atoms with Gasteiger partial charge in [0, 0.05) is 24.0 Å². The first-order valence-electron chi connectivity index (χ1n) is 8.59. The largest absolute Gasteiger partial charge is 0.497 e. The monoisotopic (exact) mass is 365 g/mol. The van der Waals surface area contributed by atoms with Crippen LogP contribution in [0.25, 0.3) is 11.3 Å². The number of rotatable bonds is 5. The van der Waals surface area contributed by atoms with Gasteiger partial charge in [-0.2, -0.15) is 5.10 Å². The zero-order valence-corrected chi connectivity index (χ0v) is 14.8. The molecule has 0 amide bonds. The molecule has 1 aromatic carbocycles. The Morgan fingerprint density at radius 3 is 2.96 bits per heavy atom. The summed E-state index contributed by atoms with van der Waals surface area (Å²) < 4.78 is 12.4. The summed E-state index contributed by atoms with van der Waals surface area (Å²) in [6, 6.07) is 10.4. The van der Waals surface area contributed by atoms with Crippen LogP contribution in [0.4, 0.5) is 5.82 Å². The Balaban J connectivity index is 1.65. The van der Waals surface area contributed by atoms with Gasteiger partial charge in [-0.05, 0) is 18.2 Å². The van der Waals surface area contributed by atoms with Crippen LogP contribution in [0.3, 0.4) is 0 Å². The molecule has 1 saturated heterocycles. The Bertz CT molecular complexity index is 976. The lowest BCUT2D eigenvalue weighted by Gasteiger charge is -2.21. The van der Waals surface area contributed by atoms with Gasteiger partial charge in [-0.25, -0.2) is 9.67 Å². The SMILES string of the molecule is COc1cccc(-c2ccc(=O)n(C3COCC3Nc3cnccn3)n2)c1. The van der Waals surface area contributed by atoms with Gasteiger partial charge in [0.05, 0.1) is 38.3 Å². The minimum Gasteiger partial charge on any atom is -0.497 e. The minimum absolute atomic E-state index is 0.132. The van der Waals surface area contributed by atoms with Crippen molar-refractivity contribution in [1.29, 1.82) is 0 Å². The Labute approximate surface area is 155 Å². The van der Waals surface area contributed by atoms with E-state index in [0.29, 0.717) is 24.7 Å². The Hall–Kier alpha value is -3.26. The van der Waals surface area contributed by atoms with Gasteiger partial charge in [0.25, 0.3) is 5.56 Å². The molecular weight excluding hydrogens is 346 g/mol. The van der Waals surface area contributed by atoms with Crippen LogP contribution in [0.2, 0.25) is 0 Å². The van der Waals surface area contributed by atoms with Crippen molar-refractivity contribution in [3.63, 3.8) is 0 Å². The molecule has 4 rings (SSSR count). The van der Waals surface area contributed by atoms with E-state index in [0.717, 1.165) is 11.3 Å². The van der Waals surface area contributed by atoms with Gasteiger partial charge < -0.3 is 14.8 Å². The quantitative estimate of drug-likeness (QED) is 0.737. The fraction of sp³-hybridized carbons (Fsp3) is 0.263. The van der Waals surface area contributed by atoms with Crippen molar-refractivity contribution < 1.29 is 9.47 Å². The van der Waals surface area contributed by atoms with Gasteiger partial charge in [-0.1, -0.05) is 12.1 Å². The maximum atomic E-state index is 12.5. The molecule has 1 fully saturated rings. The third-order valence-corrected chi connectivity index (χ3v) is 4.45. The normalized spacial score (nSPS) is 19.0. The number of ether oxygens (including phenoxy) is 2. The lowest BCUT2D eigenvalue weighted by atomic mass is 10.1. The average Bonchev–Trinajstić information content (AvgIpc) is 3.17. The van der Waals surface area contributed by atoms with Crippen molar-refractivity contribution in [2.24, 2.45) is 0 Å². The molecule has 0 radical (unpaired) electrons. The fourth-order valence-corrected chi connectivity index (χ4v) is 3.08. The van der Waals surface area contributed by atoms with Crippen molar-refractivity contribution in [3.05, 3.63) is 65.3 Å². The number of nitrogens with zero attached hydrogens (tertiary/aromatic N) is 4. The van der Waals surface area contributed by atoms with Crippen molar-refractivity contribution in [2.75, 3.05) is 25.6 Å². The number of anilines is 1. The third kappa shape index (κ3) is 3.65. The summed E-state index contributed by atoms with van der Waals surface area (Å²) in [5.74, 6) is 1.37. The lowest BCUT2D eigenvalue weighted by Crippen LogP contribution is -2.37. The minimum atomic E-state index is -0.245. The highest BCUT2D eigenvalue weighted by Crippen LogP contribution is 2.24. The van der Waals surface area contributed by atoms with Gasteiger partial charge in [0.15, 0.2) is 0 Å². The average molecular weight is 365 g/mol. The van der Waals surface area contributed by atoms with E-state index in [1.807, 2.05) is 24.3 Å². The highest BCUT2D eigenvalue weighted by molar-refractivity contribution is 5.60. The van der Waals surface area contributed by atoms with E-state index in [1.54, 1.807) is 31.8 Å². The molecule has 2 atom stereocenters. The Morgan fingerprint density at radius 2 is 2.15 bits per heavy atom. The highest BCUT2D eigenvalue weighted by Gasteiger charge is 2.31. The summed E-state index contributed by atoms with van der Waals surface area (Å²) in [7, 11) is 1.62. The van der Waals surface area contributed by atoms with Gasteiger partial charge in [0.2, 0.25) is 0 Å². The van der Waals surface area contributed by atoms with E-state index < -0.39 is 0 Å². The van der Waals surface area contributed by atoms with Crippen LogP contribution in [0.15, 0.2) is 59.8 Å². The molecule has 0 spiro atoms. The van der Waals surface area contributed by atoms with Gasteiger partial charge in [0.1, 0.15) is 17.6 Å². The summed E-state index contributed by atoms with van der Waals surface area (Å²) in [6.07, 6.45) is 4.86. The highest BCUT2D eigenvalue weighted by atomic mass is 16.5. The number of hydrogen-bond donors (Lipinski definition) is 1. The zero-order valence-electron chi connectivity index (χ0n) is 14.8. The lowest BCUT2D eigenvalue weighted by molar-refractivity contribution is 0.183. The molecule has 8 heteroatoms. The second kappa shape index (κ2) is 7.55. The van der Waals surface area contributed by atoms with E-state index in [1.165, 1.54) is 10.7 Å². The number of nitrogens with one attached hydrogen (secondary N) is 1. The van der Waals surface area contributed by atoms with E-state index in [4.69, 9.17) is 9.47 Å².